The number of ether oxygens (including phenoxy) is 1. The van der Waals surface area contributed by atoms with E-state index in [1.54, 1.807) is 16.7 Å². The van der Waals surface area contributed by atoms with Gasteiger partial charge in [-0.15, -0.1) is 0 Å². The molecule has 1 aromatic heterocycles. The van der Waals surface area contributed by atoms with Crippen molar-refractivity contribution in [3.05, 3.63) is 56.1 Å². The van der Waals surface area contributed by atoms with Gasteiger partial charge in [-0.25, -0.2) is 4.79 Å². The molecule has 11 heteroatoms. The van der Waals surface area contributed by atoms with E-state index in [1.165, 1.54) is 23.9 Å². The Labute approximate surface area is 195 Å². The van der Waals surface area contributed by atoms with Gasteiger partial charge in [-0.2, -0.15) is 4.98 Å². The second-order valence-electron chi connectivity index (χ2n) is 8.05. The molecule has 2 aromatic rings. The molecule has 0 bridgehead atoms. The molecule has 1 fully saturated rings. The fourth-order valence-electron chi connectivity index (χ4n) is 4.27. The first-order chi connectivity index (χ1) is 16.0. The van der Waals surface area contributed by atoms with E-state index in [-0.39, 0.29) is 28.7 Å². The third-order valence-corrected chi connectivity index (χ3v) is 6.89. The number of morpholine rings is 1. The topological polar surface area (TPSA) is 120 Å². The van der Waals surface area contributed by atoms with E-state index in [0.717, 1.165) is 69.8 Å². The van der Waals surface area contributed by atoms with Gasteiger partial charge in [0.05, 0.1) is 23.9 Å². The van der Waals surface area contributed by atoms with Crippen molar-refractivity contribution in [1.82, 2.24) is 14.5 Å². The number of nitrogens with one attached hydrogen (secondary N) is 1. The highest BCUT2D eigenvalue weighted by Gasteiger charge is 2.23. The number of nitro benzene ring substituents is 1. The first-order valence-electron chi connectivity index (χ1n) is 11.1. The van der Waals surface area contributed by atoms with Gasteiger partial charge in [0.1, 0.15) is 10.7 Å². The van der Waals surface area contributed by atoms with Crippen LogP contribution < -0.4 is 11.0 Å². The van der Waals surface area contributed by atoms with Crippen LogP contribution in [0.4, 0.5) is 11.4 Å². The highest BCUT2D eigenvalue weighted by Crippen LogP contribution is 2.30. The summed E-state index contributed by atoms with van der Waals surface area (Å²) < 4.78 is 7.17. The summed E-state index contributed by atoms with van der Waals surface area (Å²) >= 11 is 1.21. The number of amides is 1. The molecule has 4 rings (SSSR count). The molecule has 1 aliphatic heterocycles. The van der Waals surface area contributed by atoms with Gasteiger partial charge in [0.2, 0.25) is 5.91 Å². The zero-order chi connectivity index (χ0) is 23.2. The fourth-order valence-corrected chi connectivity index (χ4v) is 5.15. The lowest BCUT2D eigenvalue weighted by atomic mass is 10.2. The molecular weight excluding hydrogens is 446 g/mol. The van der Waals surface area contributed by atoms with Crippen LogP contribution in [0, 0.1) is 10.1 Å². The van der Waals surface area contributed by atoms with Gasteiger partial charge in [0, 0.05) is 43.5 Å². The second kappa shape index (κ2) is 10.9. The van der Waals surface area contributed by atoms with Crippen molar-refractivity contribution in [2.75, 3.05) is 43.9 Å². The number of para-hydroxylation sites is 2. The maximum absolute atomic E-state index is 12.8. The Kier molecular flexibility index (Phi) is 7.73. The summed E-state index contributed by atoms with van der Waals surface area (Å²) in [5.74, 6) is -0.357. The first kappa shape index (κ1) is 23.4. The van der Waals surface area contributed by atoms with Crippen molar-refractivity contribution in [2.45, 2.75) is 37.3 Å². The lowest BCUT2D eigenvalue weighted by Gasteiger charge is -2.26. The van der Waals surface area contributed by atoms with Crippen molar-refractivity contribution in [3.63, 3.8) is 0 Å². The summed E-state index contributed by atoms with van der Waals surface area (Å²) in [6, 6.07) is 6.01. The molecule has 0 atom stereocenters. The summed E-state index contributed by atoms with van der Waals surface area (Å²) in [6.45, 7) is 4.92. The molecule has 2 aliphatic rings. The lowest BCUT2D eigenvalue weighted by molar-refractivity contribution is -0.383. The molecule has 176 valence electrons. The predicted molar refractivity (Wildman–Crippen MR) is 125 cm³/mol. The van der Waals surface area contributed by atoms with Gasteiger partial charge < -0.3 is 10.1 Å². The highest BCUT2D eigenvalue weighted by molar-refractivity contribution is 8.00. The average Bonchev–Trinajstić information content (AvgIpc) is 3.30. The number of carbonyl (C=O) groups is 1. The molecule has 33 heavy (non-hydrogen) atoms. The summed E-state index contributed by atoms with van der Waals surface area (Å²) in [5.41, 5.74) is 1.79. The third-order valence-electron chi connectivity index (χ3n) is 5.88. The van der Waals surface area contributed by atoms with Gasteiger partial charge >= 0.3 is 5.69 Å². The number of aromatic nitrogens is 2. The molecule has 1 saturated heterocycles. The molecule has 0 radical (unpaired) electrons. The van der Waals surface area contributed by atoms with Gasteiger partial charge in [-0.3, -0.25) is 24.4 Å². The van der Waals surface area contributed by atoms with Crippen molar-refractivity contribution in [3.8, 4) is 0 Å². The summed E-state index contributed by atoms with van der Waals surface area (Å²) in [4.78, 5) is 42.4. The minimum Gasteiger partial charge on any atom is -0.379 e. The fraction of sp³-hybridized carbons (Fsp3) is 0.500. The van der Waals surface area contributed by atoms with Crippen LogP contribution in [0.2, 0.25) is 0 Å². The first-order valence-corrected chi connectivity index (χ1v) is 12.1. The van der Waals surface area contributed by atoms with Crippen LogP contribution in [0.5, 0.6) is 0 Å². The largest absolute Gasteiger partial charge is 0.379 e. The van der Waals surface area contributed by atoms with Gasteiger partial charge in [0.15, 0.2) is 0 Å². The maximum Gasteiger partial charge on any atom is 0.348 e. The number of hydrogen-bond donors (Lipinski definition) is 1. The van der Waals surface area contributed by atoms with Crippen LogP contribution in [-0.4, -0.2) is 63.9 Å². The maximum atomic E-state index is 12.8. The van der Waals surface area contributed by atoms with E-state index in [1.807, 2.05) is 0 Å². The van der Waals surface area contributed by atoms with E-state index in [4.69, 9.17) is 4.74 Å². The average molecular weight is 474 g/mol. The Morgan fingerprint density at radius 1 is 1.21 bits per heavy atom. The SMILES string of the molecule is O=C(CSc1nc(=O)n(CCCN2CCOCC2)c2c1CCC2)Nc1ccccc1[N+](=O)[O-]. The van der Waals surface area contributed by atoms with Crippen molar-refractivity contribution in [1.29, 1.82) is 0 Å². The molecule has 1 aromatic carbocycles. The normalized spacial score (nSPS) is 15.9. The van der Waals surface area contributed by atoms with E-state index in [9.17, 15) is 19.7 Å². The number of nitrogens with zero attached hydrogens (tertiary/aromatic N) is 4. The monoisotopic (exact) mass is 473 g/mol. The summed E-state index contributed by atoms with van der Waals surface area (Å²) in [7, 11) is 0. The minimum absolute atomic E-state index is 0.0198. The number of carbonyl (C=O) groups excluding carboxylic acids is 1. The number of thioether (sulfide) groups is 1. The Balaban J connectivity index is 1.39. The summed E-state index contributed by atoms with van der Waals surface area (Å²) in [6.07, 6.45) is 3.50. The predicted octanol–water partition coefficient (Wildman–Crippen LogP) is 2.09. The second-order valence-corrected chi connectivity index (χ2v) is 9.01. The number of benzene rings is 1. The number of anilines is 1. The molecule has 1 aliphatic carbocycles. The molecule has 1 amide bonds. The number of fused-ring (bicyclic) bond motifs is 1. The van der Waals surface area contributed by atoms with Crippen molar-refractivity contribution >= 4 is 29.0 Å². The van der Waals surface area contributed by atoms with Crippen molar-refractivity contribution in [2.24, 2.45) is 0 Å². The molecule has 0 unspecified atom stereocenters. The Morgan fingerprint density at radius 3 is 2.79 bits per heavy atom. The van der Waals surface area contributed by atoms with Crippen LogP contribution >= 0.6 is 11.8 Å². The van der Waals surface area contributed by atoms with Crippen LogP contribution in [0.25, 0.3) is 0 Å². The molecule has 2 heterocycles. The zero-order valence-electron chi connectivity index (χ0n) is 18.3. The number of hydrogen-bond acceptors (Lipinski definition) is 8. The third kappa shape index (κ3) is 5.79. The van der Waals surface area contributed by atoms with Crippen LogP contribution in [0.3, 0.4) is 0 Å². The molecule has 10 nitrogen and oxygen atoms in total. The molecular formula is C22H27N5O5S. The Bertz CT molecular complexity index is 1080. The van der Waals surface area contributed by atoms with Crippen LogP contribution in [0.15, 0.2) is 34.1 Å². The molecule has 0 spiro atoms. The summed E-state index contributed by atoms with van der Waals surface area (Å²) in [5, 5.41) is 14.3. The smallest absolute Gasteiger partial charge is 0.348 e. The number of nitro groups is 1. The Morgan fingerprint density at radius 2 is 2.00 bits per heavy atom. The van der Waals surface area contributed by atoms with E-state index >= 15 is 0 Å². The quantitative estimate of drug-likeness (QED) is 0.254. The molecule has 1 N–H and O–H groups in total. The minimum atomic E-state index is -0.532. The van der Waals surface area contributed by atoms with Crippen LogP contribution in [0.1, 0.15) is 24.1 Å². The van der Waals surface area contributed by atoms with Gasteiger partial charge in [-0.1, -0.05) is 23.9 Å². The van der Waals surface area contributed by atoms with Gasteiger partial charge in [0.25, 0.3) is 5.69 Å². The standard InChI is InChI=1S/C22H27N5O5S/c28-20(23-17-6-1-2-7-19(17)27(30)31)15-33-21-16-5-3-8-18(16)26(22(29)24-21)10-4-9-25-11-13-32-14-12-25/h1-2,6-7H,3-5,8-15H2,(H,23,28). The lowest BCUT2D eigenvalue weighted by Crippen LogP contribution is -2.37. The van der Waals surface area contributed by atoms with Crippen LogP contribution in [-0.2, 0) is 28.9 Å². The van der Waals surface area contributed by atoms with E-state index < -0.39 is 4.92 Å². The Hall–Kier alpha value is -2.76. The van der Waals surface area contributed by atoms with E-state index in [2.05, 4.69) is 15.2 Å². The van der Waals surface area contributed by atoms with Crippen molar-refractivity contribution < 1.29 is 14.5 Å². The highest BCUT2D eigenvalue weighted by atomic mass is 32.2. The van der Waals surface area contributed by atoms with E-state index in [0.29, 0.717) is 11.6 Å². The van der Waals surface area contributed by atoms with Gasteiger partial charge in [-0.05, 0) is 31.7 Å². The number of rotatable bonds is 9. The zero-order valence-corrected chi connectivity index (χ0v) is 19.1. The molecule has 0 saturated carbocycles.